The minimum Gasteiger partial charge on any atom is -0.465 e. The van der Waals surface area contributed by atoms with Crippen LogP contribution in [0.2, 0.25) is 0 Å². The molecule has 0 fully saturated rings. The van der Waals surface area contributed by atoms with Crippen LogP contribution in [0.1, 0.15) is 10.4 Å². The summed E-state index contributed by atoms with van der Waals surface area (Å²) in [6.45, 7) is 1.11. The molecule has 1 aromatic carbocycles. The molecule has 0 saturated carbocycles. The molecule has 1 N–H and O–H groups in total. The summed E-state index contributed by atoms with van der Waals surface area (Å²) in [6, 6.07) is 5.16. The van der Waals surface area contributed by atoms with Gasteiger partial charge in [-0.15, -0.1) is 0 Å². The zero-order valence-corrected chi connectivity index (χ0v) is 13.4. The van der Waals surface area contributed by atoms with Crippen molar-refractivity contribution in [2.75, 3.05) is 32.7 Å². The van der Waals surface area contributed by atoms with E-state index in [1.165, 1.54) is 7.11 Å². The number of nitrogens with one attached hydrogen (secondary N) is 1. The van der Waals surface area contributed by atoms with Gasteiger partial charge in [0.25, 0.3) is 0 Å². The van der Waals surface area contributed by atoms with E-state index in [-0.39, 0.29) is 0 Å². The Kier molecular flexibility index (Phi) is 4.66. The molecule has 3 aromatic rings. The zero-order chi connectivity index (χ0) is 16.9. The third-order valence-electron chi connectivity index (χ3n) is 3.44. The standard InChI is InChI=1S/C16H17N5O3/c1-23-8-6-18-14-12-9-11(15(22)24-2)3-4-13(12)19-16(20-14)21-7-5-17-10-21/h3-5,7,9-10H,6,8H2,1-2H3,(H,18,19,20). The van der Waals surface area contributed by atoms with Crippen LogP contribution in [-0.4, -0.2) is 52.9 Å². The number of methoxy groups -OCH3 is 2. The van der Waals surface area contributed by atoms with E-state index in [1.807, 2.05) is 0 Å². The summed E-state index contributed by atoms with van der Waals surface area (Å²) in [5.74, 6) is 0.704. The molecule has 8 nitrogen and oxygen atoms in total. The van der Waals surface area contributed by atoms with Crippen molar-refractivity contribution in [2.45, 2.75) is 0 Å². The molecule has 0 aliphatic heterocycles. The Morgan fingerprint density at radius 3 is 2.88 bits per heavy atom. The molecule has 0 unspecified atom stereocenters. The van der Waals surface area contributed by atoms with Crippen molar-refractivity contribution in [1.29, 1.82) is 0 Å². The number of aromatic nitrogens is 4. The summed E-state index contributed by atoms with van der Waals surface area (Å²) < 4.78 is 11.6. The zero-order valence-electron chi connectivity index (χ0n) is 13.4. The third kappa shape index (κ3) is 3.18. The maximum absolute atomic E-state index is 11.8. The number of anilines is 1. The van der Waals surface area contributed by atoms with Crippen LogP contribution < -0.4 is 5.32 Å². The van der Waals surface area contributed by atoms with Gasteiger partial charge in [-0.2, -0.15) is 4.98 Å². The van der Waals surface area contributed by atoms with Gasteiger partial charge in [0.1, 0.15) is 12.1 Å². The highest BCUT2D eigenvalue weighted by molar-refractivity contribution is 5.98. The number of rotatable bonds is 6. The van der Waals surface area contributed by atoms with Crippen LogP contribution in [0, 0.1) is 0 Å². The van der Waals surface area contributed by atoms with E-state index in [9.17, 15) is 4.79 Å². The van der Waals surface area contributed by atoms with Crippen LogP contribution in [0.5, 0.6) is 0 Å². The molecule has 0 saturated heterocycles. The Labute approximate surface area is 138 Å². The number of fused-ring (bicyclic) bond motifs is 1. The molecule has 2 heterocycles. The van der Waals surface area contributed by atoms with Crippen LogP contribution in [-0.2, 0) is 9.47 Å². The highest BCUT2D eigenvalue weighted by Crippen LogP contribution is 2.23. The Hall–Kier alpha value is -3.00. The van der Waals surface area contributed by atoms with E-state index in [0.29, 0.717) is 36.0 Å². The number of nitrogens with zero attached hydrogens (tertiary/aromatic N) is 4. The molecule has 0 amide bonds. The lowest BCUT2D eigenvalue weighted by molar-refractivity contribution is 0.0601. The van der Waals surface area contributed by atoms with Gasteiger partial charge in [-0.1, -0.05) is 0 Å². The van der Waals surface area contributed by atoms with Crippen molar-refractivity contribution < 1.29 is 14.3 Å². The Morgan fingerprint density at radius 2 is 2.17 bits per heavy atom. The molecule has 0 aliphatic carbocycles. The first kappa shape index (κ1) is 15.9. The van der Waals surface area contributed by atoms with Crippen LogP contribution in [0.4, 0.5) is 5.82 Å². The summed E-state index contributed by atoms with van der Waals surface area (Å²) >= 11 is 0. The number of carbonyl (C=O) groups is 1. The first-order valence-corrected chi connectivity index (χ1v) is 7.34. The fraction of sp³-hybridized carbons (Fsp3) is 0.250. The highest BCUT2D eigenvalue weighted by Gasteiger charge is 2.12. The van der Waals surface area contributed by atoms with Gasteiger partial charge in [0.05, 0.1) is 24.8 Å². The monoisotopic (exact) mass is 327 g/mol. The van der Waals surface area contributed by atoms with Gasteiger partial charge in [0.2, 0.25) is 5.95 Å². The van der Waals surface area contributed by atoms with E-state index in [1.54, 1.807) is 48.6 Å². The van der Waals surface area contributed by atoms with E-state index in [4.69, 9.17) is 9.47 Å². The molecule has 24 heavy (non-hydrogen) atoms. The molecule has 0 radical (unpaired) electrons. The number of imidazole rings is 1. The van der Waals surface area contributed by atoms with Crippen molar-refractivity contribution >= 4 is 22.7 Å². The lowest BCUT2D eigenvalue weighted by atomic mass is 10.1. The van der Waals surface area contributed by atoms with Crippen LogP contribution in [0.3, 0.4) is 0 Å². The second-order valence-electron chi connectivity index (χ2n) is 4.99. The summed E-state index contributed by atoms with van der Waals surface area (Å²) in [4.78, 5) is 24.8. The Balaban J connectivity index is 2.10. The highest BCUT2D eigenvalue weighted by atomic mass is 16.5. The maximum atomic E-state index is 11.8. The van der Waals surface area contributed by atoms with E-state index >= 15 is 0 Å². The van der Waals surface area contributed by atoms with Crippen molar-refractivity contribution in [3.63, 3.8) is 0 Å². The van der Waals surface area contributed by atoms with Gasteiger partial charge in [-0.3, -0.25) is 4.57 Å². The number of hydrogen-bond donors (Lipinski definition) is 1. The fourth-order valence-electron chi connectivity index (χ4n) is 2.26. The predicted octanol–water partition coefficient (Wildman–Crippen LogP) is 1.66. The van der Waals surface area contributed by atoms with E-state index < -0.39 is 5.97 Å². The lowest BCUT2D eigenvalue weighted by Gasteiger charge is -2.11. The van der Waals surface area contributed by atoms with Gasteiger partial charge in [0, 0.05) is 31.4 Å². The number of esters is 1. The average molecular weight is 327 g/mol. The average Bonchev–Trinajstić information content (AvgIpc) is 3.15. The van der Waals surface area contributed by atoms with Gasteiger partial charge in [-0.05, 0) is 18.2 Å². The van der Waals surface area contributed by atoms with Crippen molar-refractivity contribution in [2.24, 2.45) is 0 Å². The molecular formula is C16H17N5O3. The number of hydrogen-bond acceptors (Lipinski definition) is 7. The van der Waals surface area contributed by atoms with Crippen LogP contribution >= 0.6 is 0 Å². The second kappa shape index (κ2) is 7.05. The summed E-state index contributed by atoms with van der Waals surface area (Å²) in [5, 5.41) is 3.95. The van der Waals surface area contributed by atoms with Gasteiger partial charge < -0.3 is 14.8 Å². The molecule has 0 spiro atoms. The first-order valence-electron chi connectivity index (χ1n) is 7.34. The summed E-state index contributed by atoms with van der Waals surface area (Å²) in [7, 11) is 2.98. The van der Waals surface area contributed by atoms with Crippen molar-refractivity contribution in [3.05, 3.63) is 42.5 Å². The third-order valence-corrected chi connectivity index (χ3v) is 3.44. The Morgan fingerprint density at radius 1 is 1.29 bits per heavy atom. The molecule has 2 aromatic heterocycles. The normalized spacial score (nSPS) is 10.8. The largest absolute Gasteiger partial charge is 0.465 e. The molecular weight excluding hydrogens is 310 g/mol. The Bertz CT molecular complexity index is 848. The molecule has 8 heteroatoms. The lowest BCUT2D eigenvalue weighted by Crippen LogP contribution is -2.12. The SMILES string of the molecule is COCCNc1nc(-n2ccnc2)nc2ccc(C(=O)OC)cc12. The topological polar surface area (TPSA) is 91.2 Å². The minimum absolute atomic E-state index is 0.404. The number of benzene rings is 1. The molecule has 124 valence electrons. The number of ether oxygens (including phenoxy) is 2. The molecule has 0 bridgehead atoms. The molecule has 0 atom stereocenters. The maximum Gasteiger partial charge on any atom is 0.337 e. The van der Waals surface area contributed by atoms with Crippen LogP contribution in [0.25, 0.3) is 16.9 Å². The quantitative estimate of drug-likeness (QED) is 0.544. The predicted molar refractivity (Wildman–Crippen MR) is 88.4 cm³/mol. The van der Waals surface area contributed by atoms with Crippen molar-refractivity contribution in [1.82, 2.24) is 19.5 Å². The second-order valence-corrected chi connectivity index (χ2v) is 4.99. The van der Waals surface area contributed by atoms with E-state index in [2.05, 4.69) is 20.3 Å². The van der Waals surface area contributed by atoms with Gasteiger partial charge in [0.15, 0.2) is 0 Å². The molecule has 0 aliphatic rings. The summed E-state index contributed by atoms with van der Waals surface area (Å²) in [6.07, 6.45) is 5.05. The smallest absolute Gasteiger partial charge is 0.337 e. The first-order chi connectivity index (χ1) is 11.7. The summed E-state index contributed by atoms with van der Waals surface area (Å²) in [5.41, 5.74) is 1.15. The fourth-order valence-corrected chi connectivity index (χ4v) is 2.26. The van der Waals surface area contributed by atoms with Crippen LogP contribution in [0.15, 0.2) is 36.9 Å². The van der Waals surface area contributed by atoms with Crippen molar-refractivity contribution in [3.8, 4) is 5.95 Å². The van der Waals surface area contributed by atoms with Gasteiger partial charge >= 0.3 is 5.97 Å². The molecule has 3 rings (SSSR count). The van der Waals surface area contributed by atoms with E-state index in [0.717, 1.165) is 5.39 Å². The minimum atomic E-state index is -0.404. The number of carbonyl (C=O) groups excluding carboxylic acids is 1. The van der Waals surface area contributed by atoms with Gasteiger partial charge in [-0.25, -0.2) is 14.8 Å².